The van der Waals surface area contributed by atoms with Gasteiger partial charge in [0.15, 0.2) is 0 Å². The minimum absolute atomic E-state index is 0.439. The number of carboxylic acids is 1. The monoisotopic (exact) mass is 311 g/mol. The summed E-state index contributed by atoms with van der Waals surface area (Å²) in [6.45, 7) is 1.79. The van der Waals surface area contributed by atoms with Gasteiger partial charge in [-0.05, 0) is 12.8 Å². The van der Waals surface area contributed by atoms with Gasteiger partial charge in [0.1, 0.15) is 0 Å². The van der Waals surface area contributed by atoms with Crippen LogP contribution in [-0.4, -0.2) is 16.6 Å². The van der Waals surface area contributed by atoms with Crippen molar-refractivity contribution < 1.29 is 9.90 Å². The normalized spacial score (nSPS) is 24.5. The summed E-state index contributed by atoms with van der Waals surface area (Å²) in [6, 6.07) is 0. The average molecular weight is 312 g/mol. The zero-order chi connectivity index (χ0) is 16.3. The Morgan fingerprint density at radius 3 is 1.32 bits per heavy atom. The summed E-state index contributed by atoms with van der Waals surface area (Å²) in [7, 11) is 0. The van der Waals surface area contributed by atoms with Crippen LogP contribution in [-0.2, 0) is 4.79 Å². The van der Waals surface area contributed by atoms with E-state index in [0.29, 0.717) is 0 Å². The molecule has 0 aliphatic heterocycles. The fraction of sp³-hybridized carbons (Fsp3) is 0.947. The van der Waals surface area contributed by atoms with Crippen LogP contribution in [0.25, 0.3) is 0 Å². The van der Waals surface area contributed by atoms with E-state index in [2.05, 4.69) is 0 Å². The van der Waals surface area contributed by atoms with Gasteiger partial charge in [0, 0.05) is 5.54 Å². The van der Waals surface area contributed by atoms with E-state index in [1.807, 2.05) is 0 Å². The molecule has 1 saturated carbocycles. The highest BCUT2D eigenvalue weighted by Crippen LogP contribution is 2.29. The largest absolute Gasteiger partial charge is 0.481 e. The van der Waals surface area contributed by atoms with Crippen molar-refractivity contribution in [3.63, 3.8) is 0 Å². The van der Waals surface area contributed by atoms with Crippen LogP contribution in [0.15, 0.2) is 0 Å². The second-order valence-corrected chi connectivity index (χ2v) is 7.39. The molecule has 0 bridgehead atoms. The first kappa shape index (κ1) is 19.5. The smallest absolute Gasteiger partial charge is 0.308 e. The standard InChI is InChI=1S/C19H37NO2/c1-17(18(21)22)19(20)15-13-11-9-7-5-3-2-4-6-8-10-12-14-16-19/h17H,2-16,20H2,1H3,(H,21,22)/t17-/m0/s1. The topological polar surface area (TPSA) is 63.3 Å². The molecule has 1 aliphatic rings. The lowest BCUT2D eigenvalue weighted by Gasteiger charge is -2.33. The Hall–Kier alpha value is -0.570. The lowest BCUT2D eigenvalue weighted by atomic mass is 9.77. The molecule has 0 amide bonds. The maximum Gasteiger partial charge on any atom is 0.308 e. The van der Waals surface area contributed by atoms with Gasteiger partial charge in [-0.3, -0.25) is 4.79 Å². The summed E-state index contributed by atoms with van der Waals surface area (Å²) in [5.74, 6) is -1.18. The Kier molecular flexibility index (Phi) is 9.77. The molecule has 1 atom stereocenters. The first-order chi connectivity index (χ1) is 10.6. The van der Waals surface area contributed by atoms with Crippen LogP contribution in [0.2, 0.25) is 0 Å². The highest BCUT2D eigenvalue weighted by atomic mass is 16.4. The van der Waals surface area contributed by atoms with E-state index < -0.39 is 17.4 Å². The summed E-state index contributed by atoms with van der Waals surface area (Å²) in [4.78, 5) is 11.4. The Bertz CT molecular complexity index is 288. The van der Waals surface area contributed by atoms with Gasteiger partial charge in [-0.25, -0.2) is 0 Å². The molecule has 1 aliphatic carbocycles. The molecular weight excluding hydrogens is 274 g/mol. The maximum atomic E-state index is 11.4. The van der Waals surface area contributed by atoms with Crippen LogP contribution in [0.4, 0.5) is 0 Å². The van der Waals surface area contributed by atoms with Gasteiger partial charge in [0.2, 0.25) is 0 Å². The molecule has 1 rings (SSSR count). The van der Waals surface area contributed by atoms with Crippen LogP contribution >= 0.6 is 0 Å². The fourth-order valence-electron chi connectivity index (χ4n) is 3.66. The predicted molar refractivity (Wildman–Crippen MR) is 93.0 cm³/mol. The quantitative estimate of drug-likeness (QED) is 0.730. The van der Waals surface area contributed by atoms with Crippen molar-refractivity contribution in [2.24, 2.45) is 11.7 Å². The molecule has 0 aromatic heterocycles. The van der Waals surface area contributed by atoms with Gasteiger partial charge >= 0.3 is 5.97 Å². The van der Waals surface area contributed by atoms with E-state index in [-0.39, 0.29) is 0 Å². The lowest BCUT2D eigenvalue weighted by molar-refractivity contribution is -0.143. The van der Waals surface area contributed by atoms with E-state index in [0.717, 1.165) is 25.7 Å². The number of nitrogens with two attached hydrogens (primary N) is 1. The summed E-state index contributed by atoms with van der Waals surface area (Å²) in [5, 5.41) is 9.36. The Morgan fingerprint density at radius 1 is 0.773 bits per heavy atom. The number of hydrogen-bond donors (Lipinski definition) is 2. The molecule has 0 aromatic rings. The van der Waals surface area contributed by atoms with Crippen molar-refractivity contribution in [3.8, 4) is 0 Å². The number of hydrogen-bond acceptors (Lipinski definition) is 2. The van der Waals surface area contributed by atoms with Crippen LogP contribution in [0.3, 0.4) is 0 Å². The molecule has 0 radical (unpaired) electrons. The highest BCUT2D eigenvalue weighted by Gasteiger charge is 2.35. The molecule has 1 fully saturated rings. The first-order valence-corrected chi connectivity index (χ1v) is 9.58. The molecule has 3 N–H and O–H groups in total. The molecule has 0 heterocycles. The molecule has 3 heteroatoms. The SMILES string of the molecule is C[C@@H](C(=O)O)C1(N)CCCCCCCCCCCCCCC1. The van der Waals surface area contributed by atoms with Crippen molar-refractivity contribution in [2.75, 3.05) is 0 Å². The van der Waals surface area contributed by atoms with E-state index in [1.54, 1.807) is 6.92 Å². The van der Waals surface area contributed by atoms with Gasteiger partial charge < -0.3 is 10.8 Å². The third kappa shape index (κ3) is 7.62. The molecular formula is C19H37NO2. The van der Waals surface area contributed by atoms with E-state index in [4.69, 9.17) is 5.73 Å². The van der Waals surface area contributed by atoms with Gasteiger partial charge in [-0.1, -0.05) is 90.4 Å². The Morgan fingerprint density at radius 2 is 1.05 bits per heavy atom. The summed E-state index contributed by atoms with van der Waals surface area (Å²) >= 11 is 0. The van der Waals surface area contributed by atoms with Crippen molar-refractivity contribution in [3.05, 3.63) is 0 Å². The zero-order valence-corrected chi connectivity index (χ0v) is 14.6. The molecule has 0 saturated heterocycles. The van der Waals surface area contributed by atoms with Crippen LogP contribution in [0, 0.1) is 5.92 Å². The summed E-state index contributed by atoms with van der Waals surface area (Å²) in [5.41, 5.74) is 6.02. The predicted octanol–water partition coefficient (Wildman–Crippen LogP) is 5.27. The Labute approximate surface area is 137 Å². The number of carbonyl (C=O) groups is 1. The van der Waals surface area contributed by atoms with E-state index >= 15 is 0 Å². The van der Waals surface area contributed by atoms with Crippen molar-refractivity contribution in [1.29, 1.82) is 0 Å². The molecule has 3 nitrogen and oxygen atoms in total. The van der Waals surface area contributed by atoms with E-state index in [1.165, 1.54) is 70.6 Å². The minimum atomic E-state index is -0.739. The zero-order valence-electron chi connectivity index (χ0n) is 14.6. The van der Waals surface area contributed by atoms with Crippen LogP contribution in [0.1, 0.15) is 103 Å². The third-order valence-corrected chi connectivity index (χ3v) is 5.52. The van der Waals surface area contributed by atoms with E-state index in [9.17, 15) is 9.90 Å². The average Bonchev–Trinajstić information content (AvgIpc) is 2.49. The maximum absolute atomic E-state index is 11.4. The van der Waals surface area contributed by atoms with Crippen molar-refractivity contribution >= 4 is 5.97 Å². The van der Waals surface area contributed by atoms with Crippen molar-refractivity contribution in [2.45, 2.75) is 109 Å². The fourth-order valence-corrected chi connectivity index (χ4v) is 3.66. The van der Waals surface area contributed by atoms with Gasteiger partial charge in [0.25, 0.3) is 0 Å². The Balaban J connectivity index is 2.50. The molecule has 0 spiro atoms. The second-order valence-electron chi connectivity index (χ2n) is 7.39. The molecule has 0 unspecified atom stereocenters. The molecule has 0 aromatic carbocycles. The second kappa shape index (κ2) is 11.0. The van der Waals surface area contributed by atoms with Gasteiger partial charge in [-0.2, -0.15) is 0 Å². The third-order valence-electron chi connectivity index (χ3n) is 5.52. The summed E-state index contributed by atoms with van der Waals surface area (Å²) < 4.78 is 0. The minimum Gasteiger partial charge on any atom is -0.481 e. The molecule has 130 valence electrons. The van der Waals surface area contributed by atoms with Gasteiger partial charge in [-0.15, -0.1) is 0 Å². The van der Waals surface area contributed by atoms with Crippen LogP contribution in [0.5, 0.6) is 0 Å². The number of rotatable bonds is 2. The number of carboxylic acid groups (broad SMARTS) is 1. The van der Waals surface area contributed by atoms with Gasteiger partial charge in [0.05, 0.1) is 5.92 Å². The molecule has 22 heavy (non-hydrogen) atoms. The lowest BCUT2D eigenvalue weighted by Crippen LogP contribution is -2.49. The first-order valence-electron chi connectivity index (χ1n) is 9.58. The highest BCUT2D eigenvalue weighted by molar-refractivity contribution is 5.71. The number of aliphatic carboxylic acids is 1. The summed E-state index contributed by atoms with van der Waals surface area (Å²) in [6.07, 6.45) is 18.4. The van der Waals surface area contributed by atoms with Crippen LogP contribution < -0.4 is 5.73 Å². The van der Waals surface area contributed by atoms with Crippen molar-refractivity contribution in [1.82, 2.24) is 0 Å².